The van der Waals surface area contributed by atoms with Crippen LogP contribution < -0.4 is 10.6 Å². The number of nitrogens with two attached hydrogens (primary N) is 1. The van der Waals surface area contributed by atoms with Gasteiger partial charge in [-0.1, -0.05) is 18.2 Å². The zero-order valence-corrected chi connectivity index (χ0v) is 11.8. The maximum Gasteiger partial charge on any atom is 0.0399 e. The summed E-state index contributed by atoms with van der Waals surface area (Å²) in [7, 11) is 4.34. The van der Waals surface area contributed by atoms with Crippen molar-refractivity contribution in [3.05, 3.63) is 29.8 Å². The number of likely N-dealkylation sites (N-methyl/N-ethyl adjacent to an activating group) is 1. The number of para-hydroxylation sites is 1. The third-order valence-electron chi connectivity index (χ3n) is 3.77. The molecular weight excluding hydrogens is 222 g/mol. The van der Waals surface area contributed by atoms with Gasteiger partial charge in [0.25, 0.3) is 0 Å². The van der Waals surface area contributed by atoms with Gasteiger partial charge in [-0.05, 0) is 45.5 Å². The van der Waals surface area contributed by atoms with E-state index in [4.69, 9.17) is 5.73 Å². The van der Waals surface area contributed by atoms with Crippen molar-refractivity contribution in [2.75, 3.05) is 32.1 Å². The van der Waals surface area contributed by atoms with Crippen molar-refractivity contribution in [2.45, 2.75) is 31.8 Å². The Bertz CT molecular complexity index is 387. The van der Waals surface area contributed by atoms with E-state index >= 15 is 0 Å². The molecule has 1 aromatic carbocycles. The maximum absolute atomic E-state index is 5.94. The lowest BCUT2D eigenvalue weighted by atomic mass is 10.0. The summed E-state index contributed by atoms with van der Waals surface area (Å²) in [5.41, 5.74) is 8.70. The Labute approximate surface area is 111 Å². The van der Waals surface area contributed by atoms with Crippen LogP contribution in [0.4, 0.5) is 5.69 Å². The monoisotopic (exact) mass is 247 g/mol. The fourth-order valence-electron chi connectivity index (χ4n) is 2.72. The summed E-state index contributed by atoms with van der Waals surface area (Å²) in [5, 5.41) is 0. The van der Waals surface area contributed by atoms with Crippen molar-refractivity contribution in [1.29, 1.82) is 0 Å². The van der Waals surface area contributed by atoms with Crippen molar-refractivity contribution >= 4 is 5.69 Å². The number of benzene rings is 1. The molecule has 3 nitrogen and oxygen atoms in total. The molecule has 0 amide bonds. The van der Waals surface area contributed by atoms with Crippen LogP contribution in [0.2, 0.25) is 0 Å². The normalized spacial score (nSPS) is 21.6. The van der Waals surface area contributed by atoms with Gasteiger partial charge in [0.2, 0.25) is 0 Å². The molecule has 2 unspecified atom stereocenters. The number of anilines is 1. The third kappa shape index (κ3) is 3.03. The highest BCUT2D eigenvalue weighted by molar-refractivity contribution is 5.55. The topological polar surface area (TPSA) is 32.5 Å². The number of nitrogens with zero attached hydrogens (tertiary/aromatic N) is 2. The first-order valence-electron chi connectivity index (χ1n) is 6.83. The Morgan fingerprint density at radius 2 is 2.11 bits per heavy atom. The summed E-state index contributed by atoms with van der Waals surface area (Å²) < 4.78 is 0. The van der Waals surface area contributed by atoms with Gasteiger partial charge in [0.15, 0.2) is 0 Å². The first-order valence-corrected chi connectivity index (χ1v) is 6.83. The number of rotatable bonds is 4. The van der Waals surface area contributed by atoms with E-state index in [9.17, 15) is 0 Å². The Morgan fingerprint density at radius 1 is 1.39 bits per heavy atom. The van der Waals surface area contributed by atoms with E-state index in [0.717, 1.165) is 19.5 Å². The summed E-state index contributed by atoms with van der Waals surface area (Å²) in [5.74, 6) is 0. The molecule has 0 aliphatic carbocycles. The van der Waals surface area contributed by atoms with Crippen molar-refractivity contribution in [3.8, 4) is 0 Å². The van der Waals surface area contributed by atoms with E-state index in [0.29, 0.717) is 6.04 Å². The summed E-state index contributed by atoms with van der Waals surface area (Å²) in [6.07, 6.45) is 2.21. The number of hydrogen-bond donors (Lipinski definition) is 1. The minimum Gasteiger partial charge on any atom is -0.370 e. The SMILES string of the molecule is CC(N)Cc1ccccc1N1CCC(N(C)C)C1. The van der Waals surface area contributed by atoms with E-state index in [1.54, 1.807) is 0 Å². The Kier molecular flexibility index (Phi) is 4.25. The van der Waals surface area contributed by atoms with Crippen LogP contribution in [0, 0.1) is 0 Å². The molecule has 100 valence electrons. The van der Waals surface area contributed by atoms with E-state index in [1.807, 2.05) is 0 Å². The molecule has 1 heterocycles. The van der Waals surface area contributed by atoms with Crippen LogP contribution in [0.5, 0.6) is 0 Å². The van der Waals surface area contributed by atoms with Crippen LogP contribution in [0.15, 0.2) is 24.3 Å². The zero-order chi connectivity index (χ0) is 13.1. The first-order chi connectivity index (χ1) is 8.58. The van der Waals surface area contributed by atoms with Gasteiger partial charge in [-0.25, -0.2) is 0 Å². The highest BCUT2D eigenvalue weighted by atomic mass is 15.2. The maximum atomic E-state index is 5.94. The van der Waals surface area contributed by atoms with Gasteiger partial charge in [0, 0.05) is 30.9 Å². The molecule has 2 rings (SSSR count). The Morgan fingerprint density at radius 3 is 2.72 bits per heavy atom. The predicted molar refractivity (Wildman–Crippen MR) is 78.1 cm³/mol. The number of hydrogen-bond acceptors (Lipinski definition) is 3. The molecule has 1 fully saturated rings. The minimum absolute atomic E-state index is 0.221. The molecule has 1 aromatic rings. The van der Waals surface area contributed by atoms with Gasteiger partial charge in [-0.15, -0.1) is 0 Å². The molecule has 2 N–H and O–H groups in total. The average molecular weight is 247 g/mol. The van der Waals surface area contributed by atoms with Gasteiger partial charge in [0.05, 0.1) is 0 Å². The Hall–Kier alpha value is -1.06. The summed E-state index contributed by atoms with van der Waals surface area (Å²) in [4.78, 5) is 4.83. The van der Waals surface area contributed by atoms with Crippen molar-refractivity contribution in [2.24, 2.45) is 5.73 Å². The van der Waals surface area contributed by atoms with Gasteiger partial charge >= 0.3 is 0 Å². The van der Waals surface area contributed by atoms with Crippen molar-refractivity contribution in [1.82, 2.24) is 4.90 Å². The molecule has 18 heavy (non-hydrogen) atoms. The second kappa shape index (κ2) is 5.72. The molecule has 0 radical (unpaired) electrons. The van der Waals surface area contributed by atoms with Gasteiger partial charge in [0.1, 0.15) is 0 Å². The van der Waals surface area contributed by atoms with Gasteiger partial charge < -0.3 is 15.5 Å². The Balaban J connectivity index is 2.14. The molecular formula is C15H25N3. The van der Waals surface area contributed by atoms with Crippen molar-refractivity contribution in [3.63, 3.8) is 0 Å². The first kappa shape index (κ1) is 13.4. The summed E-state index contributed by atoms with van der Waals surface area (Å²) in [6, 6.07) is 9.58. The second-order valence-electron chi connectivity index (χ2n) is 5.66. The van der Waals surface area contributed by atoms with Crippen LogP contribution in [0.25, 0.3) is 0 Å². The van der Waals surface area contributed by atoms with E-state index in [1.165, 1.54) is 17.7 Å². The van der Waals surface area contributed by atoms with Gasteiger partial charge in [-0.2, -0.15) is 0 Å². The molecule has 1 saturated heterocycles. The lowest BCUT2D eigenvalue weighted by Crippen LogP contribution is -2.32. The minimum atomic E-state index is 0.221. The van der Waals surface area contributed by atoms with E-state index < -0.39 is 0 Å². The van der Waals surface area contributed by atoms with Crippen LogP contribution in [0.3, 0.4) is 0 Å². The predicted octanol–water partition coefficient (Wildman–Crippen LogP) is 1.72. The molecule has 2 atom stereocenters. The van der Waals surface area contributed by atoms with Crippen molar-refractivity contribution < 1.29 is 0 Å². The van der Waals surface area contributed by atoms with Crippen LogP contribution >= 0.6 is 0 Å². The van der Waals surface area contributed by atoms with Gasteiger partial charge in [-0.3, -0.25) is 0 Å². The lowest BCUT2D eigenvalue weighted by molar-refractivity contribution is 0.315. The molecule has 0 saturated carbocycles. The fourth-order valence-corrected chi connectivity index (χ4v) is 2.72. The lowest BCUT2D eigenvalue weighted by Gasteiger charge is -2.24. The largest absolute Gasteiger partial charge is 0.370 e. The molecule has 1 aliphatic rings. The van der Waals surface area contributed by atoms with Crippen LogP contribution in [0.1, 0.15) is 18.9 Å². The van der Waals surface area contributed by atoms with Crippen LogP contribution in [-0.4, -0.2) is 44.2 Å². The molecule has 3 heteroatoms. The molecule has 0 bridgehead atoms. The smallest absolute Gasteiger partial charge is 0.0399 e. The molecule has 1 aliphatic heterocycles. The highest BCUT2D eigenvalue weighted by Gasteiger charge is 2.25. The zero-order valence-electron chi connectivity index (χ0n) is 11.8. The molecule has 0 aromatic heterocycles. The quantitative estimate of drug-likeness (QED) is 0.879. The summed E-state index contributed by atoms with van der Waals surface area (Å²) in [6.45, 7) is 4.35. The fraction of sp³-hybridized carbons (Fsp3) is 0.600. The summed E-state index contributed by atoms with van der Waals surface area (Å²) >= 11 is 0. The van der Waals surface area contributed by atoms with E-state index in [-0.39, 0.29) is 6.04 Å². The third-order valence-corrected chi connectivity index (χ3v) is 3.77. The average Bonchev–Trinajstić information content (AvgIpc) is 2.78. The van der Waals surface area contributed by atoms with Crippen LogP contribution in [-0.2, 0) is 6.42 Å². The highest BCUT2D eigenvalue weighted by Crippen LogP contribution is 2.26. The standard InChI is InChI=1S/C15H25N3/c1-12(16)10-13-6-4-5-7-15(13)18-9-8-14(11-18)17(2)3/h4-7,12,14H,8-11,16H2,1-3H3. The second-order valence-corrected chi connectivity index (χ2v) is 5.66. The van der Waals surface area contributed by atoms with E-state index in [2.05, 4.69) is 55.1 Å². The molecule has 0 spiro atoms.